The molecular formula is C30H42O6. The molecule has 1 saturated heterocycles. The molecule has 36 heavy (non-hydrogen) atoms. The molecule has 0 aromatic heterocycles. The van der Waals surface area contributed by atoms with E-state index in [-0.39, 0.29) is 24.0 Å². The zero-order chi connectivity index (χ0) is 25.9. The molecule has 1 heterocycles. The Morgan fingerprint density at radius 1 is 1.17 bits per heavy atom. The number of ether oxygens (including phenoxy) is 3. The number of aryl methyl sites for hydroxylation is 1. The molecule has 1 aliphatic heterocycles. The number of carbonyl (C=O) groups excluding carboxylic acids is 1. The molecule has 0 bridgehead atoms. The number of benzene rings is 1. The lowest BCUT2D eigenvalue weighted by molar-refractivity contribution is -0.172. The Labute approximate surface area is 215 Å². The fourth-order valence-corrected chi connectivity index (χ4v) is 5.81. The minimum atomic E-state index is -1.13. The van der Waals surface area contributed by atoms with Crippen molar-refractivity contribution in [3.8, 4) is 5.75 Å². The largest absolute Gasteiger partial charge is 0.476 e. The van der Waals surface area contributed by atoms with Gasteiger partial charge in [-0.05, 0) is 75.5 Å². The fraction of sp³-hybridized carbons (Fsp3) is 0.633. The van der Waals surface area contributed by atoms with Crippen LogP contribution in [0.25, 0.3) is 0 Å². The first kappa shape index (κ1) is 26.9. The average Bonchev–Trinajstić information content (AvgIpc) is 2.85. The van der Waals surface area contributed by atoms with E-state index in [2.05, 4.69) is 19.1 Å². The van der Waals surface area contributed by atoms with Gasteiger partial charge in [0.25, 0.3) is 0 Å². The molecule has 6 heteroatoms. The smallest absolute Gasteiger partial charge is 0.350 e. The van der Waals surface area contributed by atoms with Crippen LogP contribution in [-0.2, 0) is 14.3 Å². The maximum absolute atomic E-state index is 13.5. The molecule has 3 aliphatic rings. The second kappa shape index (κ2) is 11.5. The molecule has 4 rings (SSSR count). The topological polar surface area (TPSA) is 85.2 Å². The van der Waals surface area contributed by atoms with Crippen molar-refractivity contribution >= 4 is 5.97 Å². The fourth-order valence-electron chi connectivity index (χ4n) is 5.81. The highest BCUT2D eigenvalue weighted by Crippen LogP contribution is 2.44. The number of rotatable bonds is 8. The minimum absolute atomic E-state index is 0.00588. The van der Waals surface area contributed by atoms with Crippen LogP contribution in [0.15, 0.2) is 48.1 Å². The van der Waals surface area contributed by atoms with Crippen molar-refractivity contribution in [1.82, 2.24) is 0 Å². The number of hydrogen-bond donors (Lipinski definition) is 2. The van der Waals surface area contributed by atoms with Crippen LogP contribution < -0.4 is 4.74 Å². The predicted molar refractivity (Wildman–Crippen MR) is 139 cm³/mol. The molecule has 6 nitrogen and oxygen atoms in total. The zero-order valence-corrected chi connectivity index (χ0v) is 22.1. The normalized spacial score (nSPS) is 33.7. The molecule has 1 aromatic rings. The number of fused-ring (bicyclic) bond motifs is 1. The van der Waals surface area contributed by atoms with Gasteiger partial charge in [0.05, 0.1) is 18.3 Å². The zero-order valence-electron chi connectivity index (χ0n) is 22.1. The van der Waals surface area contributed by atoms with Crippen LogP contribution in [0.1, 0.15) is 64.9 Å². The van der Waals surface area contributed by atoms with Crippen LogP contribution in [0.2, 0.25) is 0 Å². The van der Waals surface area contributed by atoms with Gasteiger partial charge >= 0.3 is 5.97 Å². The highest BCUT2D eigenvalue weighted by molar-refractivity contribution is 5.79. The highest BCUT2D eigenvalue weighted by Gasteiger charge is 2.45. The van der Waals surface area contributed by atoms with Crippen LogP contribution in [0.4, 0.5) is 0 Å². The molecule has 2 aliphatic carbocycles. The summed E-state index contributed by atoms with van der Waals surface area (Å²) in [6.45, 7) is 8.51. The van der Waals surface area contributed by atoms with E-state index in [9.17, 15) is 15.0 Å². The highest BCUT2D eigenvalue weighted by atomic mass is 16.6. The number of allylic oxidation sites excluding steroid dienone is 2. The Bertz CT molecular complexity index is 953. The third kappa shape index (κ3) is 6.21. The van der Waals surface area contributed by atoms with Crippen molar-refractivity contribution in [2.24, 2.45) is 17.8 Å². The summed E-state index contributed by atoms with van der Waals surface area (Å²) in [6, 6.07) is 7.66. The van der Waals surface area contributed by atoms with E-state index in [1.807, 2.05) is 44.2 Å². The molecule has 1 aromatic carbocycles. The van der Waals surface area contributed by atoms with Gasteiger partial charge in [-0.25, -0.2) is 4.79 Å². The molecule has 2 N–H and O–H groups in total. The van der Waals surface area contributed by atoms with Gasteiger partial charge in [0.1, 0.15) is 11.9 Å². The van der Waals surface area contributed by atoms with Gasteiger partial charge in [0, 0.05) is 18.9 Å². The van der Waals surface area contributed by atoms with Gasteiger partial charge in [-0.2, -0.15) is 0 Å². The summed E-state index contributed by atoms with van der Waals surface area (Å²) < 4.78 is 18.3. The average molecular weight is 499 g/mol. The Hall–Kier alpha value is -2.15. The quantitative estimate of drug-likeness (QED) is 0.496. The maximum Gasteiger partial charge on any atom is 0.350 e. The van der Waals surface area contributed by atoms with Gasteiger partial charge < -0.3 is 24.4 Å². The van der Waals surface area contributed by atoms with Crippen molar-refractivity contribution in [3.05, 3.63) is 53.6 Å². The van der Waals surface area contributed by atoms with Crippen LogP contribution in [0, 0.1) is 24.7 Å². The molecule has 1 fully saturated rings. The molecular weight excluding hydrogens is 456 g/mol. The molecule has 198 valence electrons. The van der Waals surface area contributed by atoms with E-state index < -0.39 is 23.8 Å². The molecule has 0 amide bonds. The van der Waals surface area contributed by atoms with Crippen LogP contribution in [0.3, 0.4) is 0 Å². The Morgan fingerprint density at radius 3 is 2.61 bits per heavy atom. The van der Waals surface area contributed by atoms with E-state index in [0.717, 1.165) is 24.0 Å². The minimum Gasteiger partial charge on any atom is -0.476 e. The first-order valence-corrected chi connectivity index (χ1v) is 13.5. The lowest BCUT2D eigenvalue weighted by Gasteiger charge is -2.44. The number of aliphatic hydroxyl groups is 2. The van der Waals surface area contributed by atoms with Crippen molar-refractivity contribution in [3.63, 3.8) is 0 Å². The van der Waals surface area contributed by atoms with Gasteiger partial charge in [-0.3, -0.25) is 0 Å². The number of hydrogen-bond acceptors (Lipinski definition) is 6. The molecule has 1 unspecified atom stereocenters. The third-order valence-corrected chi connectivity index (χ3v) is 8.26. The summed E-state index contributed by atoms with van der Waals surface area (Å²) >= 11 is 0. The molecule has 0 spiro atoms. The van der Waals surface area contributed by atoms with E-state index in [0.29, 0.717) is 44.0 Å². The SMILES string of the molecule is CCC(C)(Oc1ccc(C)cc1)C(=O)O[C@H]1C[C@H](O)C=C2C=C[C@H](C)[C@H](CC[C@@H]3C[C@H](O)CCO3)[C@H]21. The van der Waals surface area contributed by atoms with Crippen molar-refractivity contribution in [2.45, 2.75) is 96.2 Å². The lowest BCUT2D eigenvalue weighted by Crippen LogP contribution is -2.48. The standard InChI is InChI=1S/C30H42O6/c1-5-30(4,36-24-10-6-19(2)7-11-24)29(33)35-27-18-23(32)16-21-9-8-20(3)26(28(21)27)13-12-25-17-22(31)14-15-34-25/h6-11,16,20,22-23,25-28,31-32H,5,12-15,17-18H2,1-4H3/t20-,22+,23+,25+,26-,27-,28-,30?/m0/s1. The monoisotopic (exact) mass is 498 g/mol. The second-order valence-corrected chi connectivity index (χ2v) is 11.1. The van der Waals surface area contributed by atoms with Crippen molar-refractivity contribution in [2.75, 3.05) is 6.61 Å². The predicted octanol–water partition coefficient (Wildman–Crippen LogP) is 4.90. The van der Waals surface area contributed by atoms with Crippen molar-refractivity contribution < 1.29 is 29.2 Å². The first-order chi connectivity index (χ1) is 17.2. The number of esters is 1. The summed E-state index contributed by atoms with van der Waals surface area (Å²) in [7, 11) is 0. The Morgan fingerprint density at radius 2 is 1.92 bits per heavy atom. The molecule has 8 atom stereocenters. The summed E-state index contributed by atoms with van der Waals surface area (Å²) in [6.07, 6.45) is 8.83. The van der Waals surface area contributed by atoms with Gasteiger partial charge in [-0.15, -0.1) is 0 Å². The second-order valence-electron chi connectivity index (χ2n) is 11.1. The number of aliphatic hydroxyl groups excluding tert-OH is 2. The summed E-state index contributed by atoms with van der Waals surface area (Å²) in [5.74, 6) is 0.793. The summed E-state index contributed by atoms with van der Waals surface area (Å²) in [4.78, 5) is 13.5. The molecule has 0 saturated carbocycles. The van der Waals surface area contributed by atoms with Gasteiger partial charge in [-0.1, -0.05) is 49.8 Å². The van der Waals surface area contributed by atoms with Crippen LogP contribution in [0.5, 0.6) is 5.75 Å². The van der Waals surface area contributed by atoms with E-state index >= 15 is 0 Å². The first-order valence-electron chi connectivity index (χ1n) is 13.5. The van der Waals surface area contributed by atoms with E-state index in [4.69, 9.17) is 14.2 Å². The Kier molecular flexibility index (Phi) is 8.59. The van der Waals surface area contributed by atoms with Gasteiger partial charge in [0.15, 0.2) is 0 Å². The summed E-state index contributed by atoms with van der Waals surface area (Å²) in [5, 5.41) is 20.6. The van der Waals surface area contributed by atoms with E-state index in [1.165, 1.54) is 0 Å². The molecule has 0 radical (unpaired) electrons. The lowest BCUT2D eigenvalue weighted by atomic mass is 9.66. The van der Waals surface area contributed by atoms with Crippen molar-refractivity contribution in [1.29, 1.82) is 0 Å². The summed E-state index contributed by atoms with van der Waals surface area (Å²) in [5.41, 5.74) is 1.04. The van der Waals surface area contributed by atoms with Crippen LogP contribution >= 0.6 is 0 Å². The van der Waals surface area contributed by atoms with Crippen LogP contribution in [-0.4, -0.2) is 52.8 Å². The third-order valence-electron chi connectivity index (χ3n) is 8.26. The Balaban J connectivity index is 1.50. The number of carbonyl (C=O) groups is 1. The van der Waals surface area contributed by atoms with Gasteiger partial charge in [0.2, 0.25) is 5.60 Å². The van der Waals surface area contributed by atoms with E-state index in [1.54, 1.807) is 6.92 Å². The maximum atomic E-state index is 13.5.